The molecule has 0 N–H and O–H groups in total. The van der Waals surface area contributed by atoms with Gasteiger partial charge in [0.1, 0.15) is 0 Å². The fourth-order valence-electron chi connectivity index (χ4n) is 1.92. The predicted octanol–water partition coefficient (Wildman–Crippen LogP) is 3.49. The van der Waals surface area contributed by atoms with E-state index in [1.807, 2.05) is 18.2 Å². The van der Waals surface area contributed by atoms with E-state index in [0.717, 1.165) is 5.39 Å². The highest BCUT2D eigenvalue weighted by atomic mass is 35.5. The molecule has 0 saturated carbocycles. The minimum Gasteiger partial charge on any atom is -0.236 e. The van der Waals surface area contributed by atoms with Crippen LogP contribution in [0.4, 0.5) is 0 Å². The van der Waals surface area contributed by atoms with Crippen LogP contribution in [-0.4, -0.2) is 13.4 Å². The van der Waals surface area contributed by atoms with Gasteiger partial charge in [-0.25, -0.2) is 13.4 Å². The number of fused-ring (bicyclic) bond motifs is 1. The van der Waals surface area contributed by atoms with Gasteiger partial charge in [0.15, 0.2) is 5.03 Å². The molecule has 0 bridgehead atoms. The minimum atomic E-state index is -3.54. The van der Waals surface area contributed by atoms with Crippen molar-refractivity contribution in [1.82, 2.24) is 4.98 Å². The molecule has 3 aromatic rings. The molecule has 20 heavy (non-hydrogen) atoms. The summed E-state index contributed by atoms with van der Waals surface area (Å²) in [5.41, 5.74) is 0.680. The first kappa shape index (κ1) is 14.5. The van der Waals surface area contributed by atoms with Crippen LogP contribution in [0.2, 0.25) is 0 Å². The molecule has 1 heterocycles. The number of hydrogen-bond donors (Lipinski definition) is 0. The monoisotopic (exact) mass is 305 g/mol. The van der Waals surface area contributed by atoms with E-state index in [4.69, 9.17) is 0 Å². The Hall–Kier alpha value is -1.91. The lowest BCUT2D eigenvalue weighted by Crippen LogP contribution is -2.04. The smallest absolute Gasteiger partial charge is 0.223 e. The molecule has 0 aliphatic rings. The number of hydrogen-bond acceptors (Lipinski definition) is 3. The molecule has 0 aliphatic heterocycles. The highest BCUT2D eigenvalue weighted by Crippen LogP contribution is 2.21. The van der Waals surface area contributed by atoms with Crippen molar-refractivity contribution < 1.29 is 8.42 Å². The summed E-state index contributed by atoms with van der Waals surface area (Å²) in [6, 6.07) is 19.1. The van der Waals surface area contributed by atoms with E-state index in [1.165, 1.54) is 0 Å². The lowest BCUT2D eigenvalue weighted by molar-refractivity contribution is 0.593. The second-order valence-electron chi connectivity index (χ2n) is 4.16. The van der Waals surface area contributed by atoms with Gasteiger partial charge in [-0.1, -0.05) is 36.4 Å². The number of aromatic nitrogens is 1. The van der Waals surface area contributed by atoms with E-state index in [2.05, 4.69) is 4.98 Å². The molecule has 0 atom stereocenters. The molecule has 0 saturated heterocycles. The van der Waals surface area contributed by atoms with Crippen LogP contribution >= 0.6 is 12.4 Å². The molecular formula is C15H12ClNO2S. The average Bonchev–Trinajstić information content (AvgIpc) is 2.47. The summed E-state index contributed by atoms with van der Waals surface area (Å²) in [5.74, 6) is 0. The van der Waals surface area contributed by atoms with Crippen LogP contribution in [0.15, 0.2) is 76.7 Å². The zero-order valence-electron chi connectivity index (χ0n) is 10.4. The van der Waals surface area contributed by atoms with E-state index in [0.29, 0.717) is 5.52 Å². The summed E-state index contributed by atoms with van der Waals surface area (Å²) in [6.07, 6.45) is 0. The summed E-state index contributed by atoms with van der Waals surface area (Å²) < 4.78 is 24.8. The van der Waals surface area contributed by atoms with E-state index < -0.39 is 9.84 Å². The maximum Gasteiger partial charge on any atom is 0.223 e. The van der Waals surface area contributed by atoms with Gasteiger partial charge in [0, 0.05) is 5.39 Å². The number of rotatable bonds is 2. The molecule has 0 spiro atoms. The van der Waals surface area contributed by atoms with Crippen LogP contribution in [0.3, 0.4) is 0 Å². The number of para-hydroxylation sites is 1. The zero-order valence-corrected chi connectivity index (χ0v) is 12.1. The number of nitrogens with zero attached hydrogens (tertiary/aromatic N) is 1. The predicted molar refractivity (Wildman–Crippen MR) is 80.9 cm³/mol. The molecular weight excluding hydrogens is 294 g/mol. The van der Waals surface area contributed by atoms with Gasteiger partial charge in [0.25, 0.3) is 0 Å². The lowest BCUT2D eigenvalue weighted by atomic mass is 10.2. The molecule has 0 aliphatic carbocycles. The van der Waals surface area contributed by atoms with Crippen LogP contribution in [0.5, 0.6) is 0 Å². The normalized spacial score (nSPS) is 11.0. The first-order valence-corrected chi connectivity index (χ1v) is 7.32. The molecule has 5 heteroatoms. The number of benzene rings is 2. The van der Waals surface area contributed by atoms with Crippen LogP contribution in [0, 0.1) is 0 Å². The molecule has 102 valence electrons. The Balaban J connectivity index is 0.00000147. The van der Waals surface area contributed by atoms with Gasteiger partial charge in [-0.3, -0.25) is 0 Å². The van der Waals surface area contributed by atoms with E-state index in [-0.39, 0.29) is 22.3 Å². The SMILES string of the molecule is Cl.O=S(=O)(c1ccccc1)c1ccc2ccccc2n1. The topological polar surface area (TPSA) is 47.0 Å². The second kappa shape index (κ2) is 5.61. The van der Waals surface area contributed by atoms with Crippen molar-refractivity contribution in [3.8, 4) is 0 Å². The summed E-state index contributed by atoms with van der Waals surface area (Å²) in [6.45, 7) is 0. The van der Waals surface area contributed by atoms with Crippen LogP contribution in [0.25, 0.3) is 10.9 Å². The van der Waals surface area contributed by atoms with Crippen molar-refractivity contribution in [2.75, 3.05) is 0 Å². The standard InChI is InChI=1S/C15H11NO2S.ClH/c17-19(18,13-7-2-1-3-8-13)15-11-10-12-6-4-5-9-14(12)16-15;/h1-11H;1H. The fraction of sp³-hybridized carbons (Fsp3) is 0. The van der Waals surface area contributed by atoms with Crippen molar-refractivity contribution in [3.63, 3.8) is 0 Å². The molecule has 2 aromatic carbocycles. The number of pyridine rings is 1. The highest BCUT2D eigenvalue weighted by Gasteiger charge is 2.18. The van der Waals surface area contributed by atoms with Crippen LogP contribution in [-0.2, 0) is 9.84 Å². The minimum absolute atomic E-state index is 0. The summed E-state index contributed by atoms with van der Waals surface area (Å²) in [7, 11) is -3.54. The van der Waals surface area contributed by atoms with E-state index in [1.54, 1.807) is 48.5 Å². The Kier molecular flexibility index (Phi) is 4.06. The zero-order chi connectivity index (χ0) is 13.3. The maximum atomic E-state index is 12.4. The molecule has 0 amide bonds. The van der Waals surface area contributed by atoms with Gasteiger partial charge >= 0.3 is 0 Å². The molecule has 3 nitrogen and oxygen atoms in total. The third-order valence-corrected chi connectivity index (χ3v) is 4.57. The average molecular weight is 306 g/mol. The van der Waals surface area contributed by atoms with Gasteiger partial charge in [-0.15, -0.1) is 12.4 Å². The maximum absolute atomic E-state index is 12.4. The molecule has 1 aromatic heterocycles. The quantitative estimate of drug-likeness (QED) is 0.728. The molecule has 0 unspecified atom stereocenters. The van der Waals surface area contributed by atoms with Crippen molar-refractivity contribution >= 4 is 33.1 Å². The molecule has 0 fully saturated rings. The third kappa shape index (κ3) is 2.53. The van der Waals surface area contributed by atoms with Gasteiger partial charge in [-0.05, 0) is 30.3 Å². The van der Waals surface area contributed by atoms with Crippen LogP contribution < -0.4 is 0 Å². The first-order valence-electron chi connectivity index (χ1n) is 5.84. The highest BCUT2D eigenvalue weighted by molar-refractivity contribution is 7.91. The summed E-state index contributed by atoms with van der Waals surface area (Å²) in [5, 5.41) is 1.01. The lowest BCUT2D eigenvalue weighted by Gasteiger charge is -2.04. The van der Waals surface area contributed by atoms with Crippen LogP contribution in [0.1, 0.15) is 0 Å². The second-order valence-corrected chi connectivity index (χ2v) is 6.06. The Morgan fingerprint density at radius 2 is 1.40 bits per heavy atom. The van der Waals surface area contributed by atoms with E-state index >= 15 is 0 Å². The number of sulfone groups is 1. The Bertz CT molecular complexity index is 833. The molecule has 0 radical (unpaired) electrons. The van der Waals surface area contributed by atoms with Gasteiger partial charge in [-0.2, -0.15) is 0 Å². The largest absolute Gasteiger partial charge is 0.236 e. The Labute approximate surface area is 123 Å². The van der Waals surface area contributed by atoms with Gasteiger partial charge in [0.2, 0.25) is 9.84 Å². The number of halogens is 1. The van der Waals surface area contributed by atoms with Gasteiger partial charge < -0.3 is 0 Å². The van der Waals surface area contributed by atoms with Crippen molar-refractivity contribution in [3.05, 3.63) is 66.7 Å². The fourth-order valence-corrected chi connectivity index (χ4v) is 3.14. The first-order chi connectivity index (χ1) is 9.18. The summed E-state index contributed by atoms with van der Waals surface area (Å²) >= 11 is 0. The molecule has 3 rings (SSSR count). The summed E-state index contributed by atoms with van der Waals surface area (Å²) in [4.78, 5) is 4.50. The van der Waals surface area contributed by atoms with Crippen molar-refractivity contribution in [2.45, 2.75) is 9.92 Å². The third-order valence-electron chi connectivity index (χ3n) is 2.90. The Morgan fingerprint density at radius 3 is 2.15 bits per heavy atom. The Morgan fingerprint density at radius 1 is 0.750 bits per heavy atom. The van der Waals surface area contributed by atoms with Crippen molar-refractivity contribution in [1.29, 1.82) is 0 Å². The van der Waals surface area contributed by atoms with E-state index in [9.17, 15) is 8.42 Å². The van der Waals surface area contributed by atoms with Crippen molar-refractivity contribution in [2.24, 2.45) is 0 Å². The van der Waals surface area contributed by atoms with Gasteiger partial charge in [0.05, 0.1) is 10.4 Å².